The number of carbonyl (C=O) groups excluding carboxylic acids is 2. The zero-order valence-corrected chi connectivity index (χ0v) is 19.7. The van der Waals surface area contributed by atoms with E-state index in [0.29, 0.717) is 12.8 Å². The van der Waals surface area contributed by atoms with Crippen LogP contribution in [-0.4, -0.2) is 53.2 Å². The van der Waals surface area contributed by atoms with Crippen molar-refractivity contribution in [1.29, 1.82) is 0 Å². The molecule has 0 radical (unpaired) electrons. The maximum atomic E-state index is 13.2. The Morgan fingerprint density at radius 3 is 2.18 bits per heavy atom. The topological polar surface area (TPSA) is 95.9 Å². The van der Waals surface area contributed by atoms with E-state index in [9.17, 15) is 19.5 Å². The summed E-state index contributed by atoms with van der Waals surface area (Å²) in [6.07, 6.45) is 2.52. The van der Waals surface area contributed by atoms with Gasteiger partial charge in [-0.05, 0) is 48.9 Å². The molecular weight excluding hydrogens is 432 g/mol. The molecule has 1 fully saturated rings. The van der Waals surface area contributed by atoms with E-state index in [2.05, 4.69) is 29.6 Å². The summed E-state index contributed by atoms with van der Waals surface area (Å²) in [4.78, 5) is 38.6. The third-order valence-electron chi connectivity index (χ3n) is 6.94. The smallest absolute Gasteiger partial charge is 0.407 e. The van der Waals surface area contributed by atoms with Crippen LogP contribution in [0.25, 0.3) is 11.1 Å². The molecule has 0 heterocycles. The van der Waals surface area contributed by atoms with E-state index in [1.165, 1.54) is 4.90 Å². The van der Waals surface area contributed by atoms with Crippen LogP contribution in [0.1, 0.15) is 56.6 Å². The molecule has 2 unspecified atom stereocenters. The highest BCUT2D eigenvalue weighted by Gasteiger charge is 2.37. The molecule has 34 heavy (non-hydrogen) atoms. The van der Waals surface area contributed by atoms with Crippen molar-refractivity contribution in [2.45, 2.75) is 57.5 Å². The molecule has 4 rings (SSSR count). The first-order valence-electron chi connectivity index (χ1n) is 12.0. The number of alkyl carbamates (subject to hydrolysis) is 1. The van der Waals surface area contributed by atoms with Crippen LogP contribution in [0.15, 0.2) is 48.5 Å². The molecule has 0 aliphatic heterocycles. The highest BCUT2D eigenvalue weighted by atomic mass is 16.5. The van der Waals surface area contributed by atoms with E-state index in [1.54, 1.807) is 13.8 Å². The predicted octanol–water partition coefficient (Wildman–Crippen LogP) is 4.41. The summed E-state index contributed by atoms with van der Waals surface area (Å²) in [6.45, 7) is 3.47. The molecular formula is C27H32N2O5. The number of carbonyl (C=O) groups is 3. The van der Waals surface area contributed by atoms with Crippen LogP contribution in [0.2, 0.25) is 0 Å². The zero-order valence-electron chi connectivity index (χ0n) is 19.7. The van der Waals surface area contributed by atoms with Crippen molar-refractivity contribution in [3.8, 4) is 11.1 Å². The summed E-state index contributed by atoms with van der Waals surface area (Å²) >= 11 is 0. The highest BCUT2D eigenvalue weighted by Crippen LogP contribution is 2.44. The van der Waals surface area contributed by atoms with Crippen molar-refractivity contribution in [2.75, 3.05) is 13.2 Å². The van der Waals surface area contributed by atoms with Crippen molar-refractivity contribution in [3.05, 3.63) is 59.7 Å². The number of nitrogens with one attached hydrogen (secondary N) is 1. The molecule has 2 aromatic carbocycles. The highest BCUT2D eigenvalue weighted by molar-refractivity contribution is 5.84. The molecule has 2 aliphatic rings. The summed E-state index contributed by atoms with van der Waals surface area (Å²) in [5, 5.41) is 12.1. The molecule has 2 N–H and O–H groups in total. The van der Waals surface area contributed by atoms with Crippen LogP contribution in [0.5, 0.6) is 0 Å². The van der Waals surface area contributed by atoms with E-state index in [4.69, 9.17) is 4.74 Å². The molecule has 2 amide bonds. The summed E-state index contributed by atoms with van der Waals surface area (Å²) in [6, 6.07) is 15.7. The Morgan fingerprint density at radius 1 is 1.00 bits per heavy atom. The van der Waals surface area contributed by atoms with Gasteiger partial charge in [0.25, 0.3) is 0 Å². The summed E-state index contributed by atoms with van der Waals surface area (Å²) < 4.78 is 5.67. The largest absolute Gasteiger partial charge is 0.480 e. The van der Waals surface area contributed by atoms with Gasteiger partial charge in [-0.15, -0.1) is 0 Å². The van der Waals surface area contributed by atoms with E-state index in [0.717, 1.165) is 35.1 Å². The minimum absolute atomic E-state index is 0.0334. The number of amides is 2. The van der Waals surface area contributed by atoms with Crippen molar-refractivity contribution in [2.24, 2.45) is 5.92 Å². The van der Waals surface area contributed by atoms with Gasteiger partial charge >= 0.3 is 12.1 Å². The minimum atomic E-state index is -1.04. The zero-order chi connectivity index (χ0) is 24.2. The van der Waals surface area contributed by atoms with Crippen LogP contribution in [-0.2, 0) is 14.3 Å². The monoisotopic (exact) mass is 464 g/mol. The third kappa shape index (κ3) is 4.93. The predicted molar refractivity (Wildman–Crippen MR) is 128 cm³/mol. The molecule has 0 aromatic heterocycles. The Hall–Kier alpha value is -3.35. The molecule has 0 saturated heterocycles. The lowest BCUT2D eigenvalue weighted by molar-refractivity contribution is -0.148. The number of hydrogen-bond donors (Lipinski definition) is 2. The molecule has 2 atom stereocenters. The Morgan fingerprint density at radius 2 is 1.59 bits per heavy atom. The summed E-state index contributed by atoms with van der Waals surface area (Å²) in [5.74, 6) is -1.75. The van der Waals surface area contributed by atoms with Crippen LogP contribution in [0.4, 0.5) is 4.79 Å². The number of nitrogens with zero attached hydrogens (tertiary/aromatic N) is 1. The third-order valence-corrected chi connectivity index (χ3v) is 6.94. The number of carboxylic acids is 1. The lowest BCUT2D eigenvalue weighted by Crippen LogP contribution is -2.52. The maximum absolute atomic E-state index is 13.2. The number of ether oxygens (including phenoxy) is 1. The van der Waals surface area contributed by atoms with Gasteiger partial charge in [-0.3, -0.25) is 9.59 Å². The average molecular weight is 465 g/mol. The standard InChI is InChI=1S/C27H32N2O5/c1-17(2)29(15-25(30)31)26(32)22-13-7-8-14-24(22)28-27(33)34-16-23-20-11-5-3-9-18(20)19-10-4-6-12-21(19)23/h3-6,9-12,17,22-24H,7-8,13-16H2,1-2H3,(H,28,33)(H,30,31). The van der Waals surface area contributed by atoms with Gasteiger partial charge in [0, 0.05) is 18.0 Å². The summed E-state index contributed by atoms with van der Waals surface area (Å²) in [7, 11) is 0. The molecule has 7 nitrogen and oxygen atoms in total. The van der Waals surface area contributed by atoms with Gasteiger partial charge in [0.2, 0.25) is 5.91 Å². The van der Waals surface area contributed by atoms with Crippen LogP contribution < -0.4 is 5.32 Å². The number of fused-ring (bicyclic) bond motifs is 3. The first-order chi connectivity index (χ1) is 16.4. The van der Waals surface area contributed by atoms with Crippen LogP contribution in [0, 0.1) is 5.92 Å². The van der Waals surface area contributed by atoms with E-state index < -0.39 is 18.0 Å². The minimum Gasteiger partial charge on any atom is -0.480 e. The van der Waals surface area contributed by atoms with Crippen LogP contribution >= 0.6 is 0 Å². The number of hydrogen-bond acceptors (Lipinski definition) is 4. The molecule has 0 bridgehead atoms. The van der Waals surface area contributed by atoms with E-state index >= 15 is 0 Å². The van der Waals surface area contributed by atoms with Gasteiger partial charge in [-0.1, -0.05) is 61.4 Å². The van der Waals surface area contributed by atoms with E-state index in [1.807, 2.05) is 24.3 Å². The van der Waals surface area contributed by atoms with Crippen molar-refractivity contribution >= 4 is 18.0 Å². The van der Waals surface area contributed by atoms with Gasteiger partial charge in [-0.2, -0.15) is 0 Å². The second-order valence-corrected chi connectivity index (χ2v) is 9.42. The number of benzene rings is 2. The Bertz CT molecular complexity index is 1020. The van der Waals surface area contributed by atoms with Gasteiger partial charge in [0.15, 0.2) is 0 Å². The molecule has 1 saturated carbocycles. The maximum Gasteiger partial charge on any atom is 0.407 e. The van der Waals surface area contributed by atoms with Crippen LogP contribution in [0.3, 0.4) is 0 Å². The van der Waals surface area contributed by atoms with Gasteiger partial charge < -0.3 is 20.1 Å². The molecule has 7 heteroatoms. The number of aliphatic carboxylic acids is 1. The lowest BCUT2D eigenvalue weighted by atomic mass is 9.83. The second kappa shape index (κ2) is 10.3. The Kier molecular flexibility index (Phi) is 7.20. The Balaban J connectivity index is 1.42. The van der Waals surface area contributed by atoms with Gasteiger partial charge in [0.1, 0.15) is 13.2 Å². The molecule has 2 aliphatic carbocycles. The van der Waals surface area contributed by atoms with E-state index in [-0.39, 0.29) is 37.1 Å². The quantitative estimate of drug-likeness (QED) is 0.633. The second-order valence-electron chi connectivity index (χ2n) is 9.42. The number of rotatable bonds is 7. The van der Waals surface area contributed by atoms with Gasteiger partial charge in [0.05, 0.1) is 5.92 Å². The lowest BCUT2D eigenvalue weighted by Gasteiger charge is -2.36. The number of carboxylic acid groups (broad SMARTS) is 1. The fraction of sp³-hybridized carbons (Fsp3) is 0.444. The molecule has 180 valence electrons. The first-order valence-corrected chi connectivity index (χ1v) is 12.0. The fourth-order valence-electron chi connectivity index (χ4n) is 5.26. The fourth-order valence-corrected chi connectivity index (χ4v) is 5.26. The van der Waals surface area contributed by atoms with Gasteiger partial charge in [-0.25, -0.2) is 4.79 Å². The van der Waals surface area contributed by atoms with Crippen molar-refractivity contribution in [3.63, 3.8) is 0 Å². The SMILES string of the molecule is CC(C)N(CC(=O)O)C(=O)C1CCCCC1NC(=O)OCC1c2ccccc2-c2ccccc21. The average Bonchev–Trinajstić information content (AvgIpc) is 3.14. The van der Waals surface area contributed by atoms with Crippen molar-refractivity contribution < 1.29 is 24.2 Å². The summed E-state index contributed by atoms with van der Waals surface area (Å²) in [5.41, 5.74) is 4.61. The Labute approximate surface area is 200 Å². The molecule has 2 aromatic rings. The normalized spacial score (nSPS) is 19.3. The first kappa shape index (κ1) is 23.8. The molecule has 0 spiro atoms. The van der Waals surface area contributed by atoms with Crippen molar-refractivity contribution in [1.82, 2.24) is 10.2 Å².